The molecule has 1 atom stereocenters. The van der Waals surface area contributed by atoms with E-state index in [1.165, 1.54) is 25.8 Å². The van der Waals surface area contributed by atoms with E-state index >= 15 is 0 Å². The molecule has 2 nitrogen and oxygen atoms in total. The van der Waals surface area contributed by atoms with Crippen LogP contribution >= 0.6 is 0 Å². The van der Waals surface area contributed by atoms with Gasteiger partial charge in [0.15, 0.2) is 0 Å². The summed E-state index contributed by atoms with van der Waals surface area (Å²) in [5.41, 5.74) is 0.296. The SMILES string of the molecule is CCOCC1(CC(C)C)CCCN1. The molecule has 0 radical (unpaired) electrons. The van der Waals surface area contributed by atoms with Gasteiger partial charge in [-0.05, 0) is 38.6 Å². The standard InChI is InChI=1S/C11H23NO/c1-4-13-9-11(8-10(2)3)6-5-7-12-11/h10,12H,4-9H2,1-3H3. The summed E-state index contributed by atoms with van der Waals surface area (Å²) in [5, 5.41) is 3.61. The van der Waals surface area contributed by atoms with Crippen LogP contribution in [-0.2, 0) is 4.74 Å². The molecule has 1 rings (SSSR count). The zero-order valence-electron chi connectivity index (χ0n) is 9.23. The lowest BCUT2D eigenvalue weighted by molar-refractivity contribution is 0.0745. The first-order chi connectivity index (χ1) is 6.18. The van der Waals surface area contributed by atoms with E-state index in [9.17, 15) is 0 Å². The van der Waals surface area contributed by atoms with Crippen molar-refractivity contribution >= 4 is 0 Å². The molecule has 0 aromatic carbocycles. The number of hydrogen-bond donors (Lipinski definition) is 1. The molecule has 0 bridgehead atoms. The molecular formula is C11H23NO. The first kappa shape index (κ1) is 11.0. The fourth-order valence-corrected chi connectivity index (χ4v) is 2.30. The van der Waals surface area contributed by atoms with Crippen LogP contribution in [0.1, 0.15) is 40.0 Å². The lowest BCUT2D eigenvalue weighted by Gasteiger charge is -2.31. The van der Waals surface area contributed by atoms with Crippen molar-refractivity contribution in [3.05, 3.63) is 0 Å². The summed E-state index contributed by atoms with van der Waals surface area (Å²) >= 11 is 0. The molecular weight excluding hydrogens is 162 g/mol. The lowest BCUT2D eigenvalue weighted by atomic mass is 9.88. The van der Waals surface area contributed by atoms with E-state index in [1.54, 1.807) is 0 Å². The van der Waals surface area contributed by atoms with E-state index in [0.29, 0.717) is 5.54 Å². The fourth-order valence-electron chi connectivity index (χ4n) is 2.30. The van der Waals surface area contributed by atoms with E-state index in [-0.39, 0.29) is 0 Å². The maximum atomic E-state index is 5.56. The topological polar surface area (TPSA) is 21.3 Å². The van der Waals surface area contributed by atoms with E-state index in [2.05, 4.69) is 26.1 Å². The Balaban J connectivity index is 2.42. The molecule has 1 unspecified atom stereocenters. The van der Waals surface area contributed by atoms with Gasteiger partial charge in [-0.25, -0.2) is 0 Å². The summed E-state index contributed by atoms with van der Waals surface area (Å²) in [5.74, 6) is 0.756. The van der Waals surface area contributed by atoms with Crippen LogP contribution in [0.25, 0.3) is 0 Å². The van der Waals surface area contributed by atoms with Gasteiger partial charge in [0.05, 0.1) is 6.61 Å². The second-order valence-electron chi connectivity index (χ2n) is 4.55. The first-order valence-corrected chi connectivity index (χ1v) is 5.51. The van der Waals surface area contributed by atoms with Crippen molar-refractivity contribution in [2.45, 2.75) is 45.6 Å². The molecule has 78 valence electrons. The molecule has 2 heteroatoms. The Morgan fingerprint density at radius 3 is 2.69 bits per heavy atom. The number of rotatable bonds is 5. The van der Waals surface area contributed by atoms with Gasteiger partial charge in [-0.15, -0.1) is 0 Å². The van der Waals surface area contributed by atoms with Gasteiger partial charge in [0.25, 0.3) is 0 Å². The molecule has 0 saturated carbocycles. The highest BCUT2D eigenvalue weighted by Crippen LogP contribution is 2.27. The first-order valence-electron chi connectivity index (χ1n) is 5.51. The van der Waals surface area contributed by atoms with E-state index in [0.717, 1.165) is 19.1 Å². The molecule has 1 fully saturated rings. The fraction of sp³-hybridized carbons (Fsp3) is 1.00. The molecule has 13 heavy (non-hydrogen) atoms. The van der Waals surface area contributed by atoms with Crippen molar-refractivity contribution < 1.29 is 4.74 Å². The smallest absolute Gasteiger partial charge is 0.0648 e. The second kappa shape index (κ2) is 4.97. The monoisotopic (exact) mass is 185 g/mol. The number of hydrogen-bond acceptors (Lipinski definition) is 2. The average molecular weight is 185 g/mol. The van der Waals surface area contributed by atoms with Crippen LogP contribution in [0.15, 0.2) is 0 Å². The van der Waals surface area contributed by atoms with Crippen LogP contribution in [0, 0.1) is 5.92 Å². The van der Waals surface area contributed by atoms with Crippen LogP contribution in [0.4, 0.5) is 0 Å². The second-order valence-corrected chi connectivity index (χ2v) is 4.55. The Bertz CT molecular complexity index is 139. The lowest BCUT2D eigenvalue weighted by Crippen LogP contribution is -2.45. The summed E-state index contributed by atoms with van der Waals surface area (Å²) in [7, 11) is 0. The Labute approximate surface area is 82.0 Å². The maximum absolute atomic E-state index is 5.56. The Morgan fingerprint density at radius 1 is 1.46 bits per heavy atom. The van der Waals surface area contributed by atoms with Gasteiger partial charge in [-0.2, -0.15) is 0 Å². The highest BCUT2D eigenvalue weighted by Gasteiger charge is 2.33. The summed E-state index contributed by atoms with van der Waals surface area (Å²) < 4.78 is 5.56. The minimum absolute atomic E-state index is 0.296. The van der Waals surface area contributed by atoms with Crippen molar-refractivity contribution in [2.24, 2.45) is 5.92 Å². The van der Waals surface area contributed by atoms with Crippen molar-refractivity contribution in [3.63, 3.8) is 0 Å². The van der Waals surface area contributed by atoms with Gasteiger partial charge in [0.1, 0.15) is 0 Å². The van der Waals surface area contributed by atoms with Crippen LogP contribution in [0.3, 0.4) is 0 Å². The van der Waals surface area contributed by atoms with E-state index < -0.39 is 0 Å². The molecule has 0 aromatic rings. The van der Waals surface area contributed by atoms with Gasteiger partial charge >= 0.3 is 0 Å². The zero-order valence-corrected chi connectivity index (χ0v) is 9.23. The molecule has 0 spiro atoms. The quantitative estimate of drug-likeness (QED) is 0.709. The van der Waals surface area contributed by atoms with E-state index in [4.69, 9.17) is 4.74 Å². The predicted octanol–water partition coefficient (Wildman–Crippen LogP) is 2.19. The van der Waals surface area contributed by atoms with Crippen molar-refractivity contribution in [1.29, 1.82) is 0 Å². The molecule has 1 N–H and O–H groups in total. The van der Waals surface area contributed by atoms with Crippen LogP contribution in [0.2, 0.25) is 0 Å². The summed E-state index contributed by atoms with van der Waals surface area (Å²) in [4.78, 5) is 0. The number of ether oxygens (including phenoxy) is 1. The third-order valence-electron chi connectivity index (χ3n) is 2.71. The number of nitrogens with one attached hydrogen (secondary N) is 1. The van der Waals surface area contributed by atoms with Gasteiger partial charge in [0, 0.05) is 12.1 Å². The summed E-state index contributed by atoms with van der Waals surface area (Å²) in [6.45, 7) is 9.53. The van der Waals surface area contributed by atoms with Crippen molar-refractivity contribution in [2.75, 3.05) is 19.8 Å². The van der Waals surface area contributed by atoms with E-state index in [1.807, 2.05) is 0 Å². The van der Waals surface area contributed by atoms with Crippen LogP contribution in [-0.4, -0.2) is 25.3 Å². The highest BCUT2D eigenvalue weighted by molar-refractivity contribution is 4.93. The third kappa shape index (κ3) is 3.28. The molecule has 1 heterocycles. The normalized spacial score (nSPS) is 28.6. The average Bonchev–Trinajstić information content (AvgIpc) is 2.49. The Hall–Kier alpha value is -0.0800. The molecule has 0 aliphatic carbocycles. The summed E-state index contributed by atoms with van der Waals surface area (Å²) in [6.07, 6.45) is 3.83. The van der Waals surface area contributed by atoms with Gasteiger partial charge < -0.3 is 10.1 Å². The van der Waals surface area contributed by atoms with Gasteiger partial charge in [0.2, 0.25) is 0 Å². The molecule has 1 aliphatic rings. The highest BCUT2D eigenvalue weighted by atomic mass is 16.5. The predicted molar refractivity (Wildman–Crippen MR) is 55.9 cm³/mol. The molecule has 1 aliphatic heterocycles. The van der Waals surface area contributed by atoms with Crippen molar-refractivity contribution in [1.82, 2.24) is 5.32 Å². The van der Waals surface area contributed by atoms with Gasteiger partial charge in [-0.3, -0.25) is 0 Å². The van der Waals surface area contributed by atoms with Crippen molar-refractivity contribution in [3.8, 4) is 0 Å². The van der Waals surface area contributed by atoms with Gasteiger partial charge in [-0.1, -0.05) is 13.8 Å². The molecule has 0 aromatic heterocycles. The largest absolute Gasteiger partial charge is 0.380 e. The maximum Gasteiger partial charge on any atom is 0.0648 e. The third-order valence-corrected chi connectivity index (χ3v) is 2.71. The summed E-state index contributed by atoms with van der Waals surface area (Å²) in [6, 6.07) is 0. The Morgan fingerprint density at radius 2 is 2.23 bits per heavy atom. The Kier molecular flexibility index (Phi) is 4.20. The van der Waals surface area contributed by atoms with Crippen LogP contribution < -0.4 is 5.32 Å². The molecule has 1 saturated heterocycles. The minimum Gasteiger partial charge on any atom is -0.380 e. The minimum atomic E-state index is 0.296. The zero-order chi connectivity index (χ0) is 9.73. The molecule has 0 amide bonds. The van der Waals surface area contributed by atoms with Crippen LogP contribution in [0.5, 0.6) is 0 Å².